The molecular formula is C14H17F3N2. The molecule has 104 valence electrons. The molecule has 0 aromatic heterocycles. The molecule has 5 heteroatoms. The van der Waals surface area contributed by atoms with Gasteiger partial charge in [-0.1, -0.05) is 18.1 Å². The van der Waals surface area contributed by atoms with E-state index in [4.69, 9.17) is 5.73 Å². The molecule has 1 aromatic carbocycles. The second-order valence-electron chi connectivity index (χ2n) is 4.21. The molecule has 19 heavy (non-hydrogen) atoms. The topological polar surface area (TPSA) is 38.0 Å². The van der Waals surface area contributed by atoms with Gasteiger partial charge in [0, 0.05) is 12.2 Å². The van der Waals surface area contributed by atoms with Crippen LogP contribution in [0, 0.1) is 11.8 Å². The number of hydrogen-bond donors (Lipinski definition) is 2. The summed E-state index contributed by atoms with van der Waals surface area (Å²) in [5, 5.41) is 3.05. The Labute approximate surface area is 111 Å². The molecule has 0 heterocycles. The number of halogens is 3. The van der Waals surface area contributed by atoms with E-state index in [0.717, 1.165) is 6.92 Å². The molecule has 0 aliphatic carbocycles. The molecule has 1 aromatic rings. The summed E-state index contributed by atoms with van der Waals surface area (Å²) in [5.74, 6) is 4.15. The van der Waals surface area contributed by atoms with Gasteiger partial charge in [0.25, 0.3) is 0 Å². The van der Waals surface area contributed by atoms with E-state index in [2.05, 4.69) is 17.2 Å². The first-order valence-electron chi connectivity index (χ1n) is 5.94. The highest BCUT2D eigenvalue weighted by atomic mass is 19.4. The van der Waals surface area contributed by atoms with Gasteiger partial charge < -0.3 is 11.1 Å². The van der Waals surface area contributed by atoms with E-state index in [1.807, 2.05) is 0 Å². The van der Waals surface area contributed by atoms with E-state index in [1.54, 1.807) is 19.1 Å². The molecule has 1 rings (SSSR count). The van der Waals surface area contributed by atoms with Crippen LogP contribution in [0.15, 0.2) is 24.3 Å². The minimum Gasteiger partial charge on any atom is -0.371 e. The maximum atomic E-state index is 12.6. The fraction of sp³-hybridized carbons (Fsp3) is 0.429. The second kappa shape index (κ2) is 6.48. The van der Waals surface area contributed by atoms with Crippen molar-refractivity contribution in [3.63, 3.8) is 0 Å². The fourth-order valence-corrected chi connectivity index (χ4v) is 1.59. The molecule has 3 N–H and O–H groups in total. The highest BCUT2D eigenvalue weighted by Crippen LogP contribution is 2.34. The van der Waals surface area contributed by atoms with Crippen molar-refractivity contribution in [3.8, 4) is 11.8 Å². The average molecular weight is 270 g/mol. The Morgan fingerprint density at radius 2 is 1.84 bits per heavy atom. The molecule has 0 aliphatic heterocycles. The second-order valence-corrected chi connectivity index (χ2v) is 4.21. The molecule has 0 amide bonds. The van der Waals surface area contributed by atoms with Gasteiger partial charge in [-0.05, 0) is 31.5 Å². The minimum absolute atomic E-state index is 0.198. The minimum atomic E-state index is -4.22. The van der Waals surface area contributed by atoms with Gasteiger partial charge in [0.15, 0.2) is 0 Å². The van der Waals surface area contributed by atoms with Crippen molar-refractivity contribution in [1.82, 2.24) is 0 Å². The third kappa shape index (κ3) is 4.49. The zero-order chi connectivity index (χ0) is 14.5. The summed E-state index contributed by atoms with van der Waals surface area (Å²) in [6.07, 6.45) is -4.22. The molecule has 2 atom stereocenters. The van der Waals surface area contributed by atoms with Gasteiger partial charge in [0.1, 0.15) is 6.04 Å². The summed E-state index contributed by atoms with van der Waals surface area (Å²) in [6.45, 7) is 3.19. The van der Waals surface area contributed by atoms with Gasteiger partial charge in [-0.15, -0.1) is 5.92 Å². The maximum Gasteiger partial charge on any atom is 0.395 e. The van der Waals surface area contributed by atoms with E-state index < -0.39 is 12.1 Å². The third-order valence-corrected chi connectivity index (χ3v) is 2.80. The summed E-state index contributed by atoms with van der Waals surface area (Å²) in [6, 6.07) is 5.95. The third-order valence-electron chi connectivity index (χ3n) is 2.80. The normalized spacial score (nSPS) is 14.2. The molecular weight excluding hydrogens is 253 g/mol. The van der Waals surface area contributed by atoms with Crippen molar-refractivity contribution in [1.29, 1.82) is 0 Å². The zero-order valence-corrected chi connectivity index (χ0v) is 10.9. The number of anilines is 1. The Morgan fingerprint density at radius 1 is 1.26 bits per heavy atom. The SMILES string of the molecule is CC#CC(CN)Nc1ccc(C(C)C(F)(F)F)cc1. The predicted molar refractivity (Wildman–Crippen MR) is 70.8 cm³/mol. The van der Waals surface area contributed by atoms with Gasteiger partial charge >= 0.3 is 6.18 Å². The van der Waals surface area contributed by atoms with Crippen molar-refractivity contribution in [2.75, 3.05) is 11.9 Å². The Morgan fingerprint density at radius 3 is 2.26 bits per heavy atom. The number of nitrogens with one attached hydrogen (secondary N) is 1. The van der Waals surface area contributed by atoms with Crippen molar-refractivity contribution < 1.29 is 13.2 Å². The number of nitrogens with two attached hydrogens (primary N) is 1. The van der Waals surface area contributed by atoms with Crippen LogP contribution < -0.4 is 11.1 Å². The number of hydrogen-bond acceptors (Lipinski definition) is 2. The zero-order valence-electron chi connectivity index (χ0n) is 10.9. The largest absolute Gasteiger partial charge is 0.395 e. The van der Waals surface area contributed by atoms with E-state index in [9.17, 15) is 13.2 Å². The van der Waals surface area contributed by atoms with Crippen LogP contribution in [0.5, 0.6) is 0 Å². The average Bonchev–Trinajstić information content (AvgIpc) is 2.37. The van der Waals surface area contributed by atoms with Gasteiger partial charge in [-0.3, -0.25) is 0 Å². The summed E-state index contributed by atoms with van der Waals surface area (Å²) < 4.78 is 37.7. The monoisotopic (exact) mass is 270 g/mol. The van der Waals surface area contributed by atoms with Crippen molar-refractivity contribution >= 4 is 5.69 Å². The van der Waals surface area contributed by atoms with Crippen LogP contribution in [0.3, 0.4) is 0 Å². The van der Waals surface area contributed by atoms with Crippen LogP contribution in [0.4, 0.5) is 18.9 Å². The smallest absolute Gasteiger partial charge is 0.371 e. The summed E-state index contributed by atoms with van der Waals surface area (Å²) in [7, 11) is 0. The van der Waals surface area contributed by atoms with Crippen molar-refractivity contribution in [2.45, 2.75) is 32.0 Å². The van der Waals surface area contributed by atoms with Crippen LogP contribution in [-0.2, 0) is 0 Å². The molecule has 2 unspecified atom stereocenters. The Bertz CT molecular complexity index is 454. The lowest BCUT2D eigenvalue weighted by Crippen LogP contribution is -2.27. The fourth-order valence-electron chi connectivity index (χ4n) is 1.59. The quantitative estimate of drug-likeness (QED) is 0.825. The van der Waals surface area contributed by atoms with E-state index in [0.29, 0.717) is 12.2 Å². The van der Waals surface area contributed by atoms with Crippen LogP contribution in [0.1, 0.15) is 25.3 Å². The first-order valence-corrected chi connectivity index (χ1v) is 5.94. The van der Waals surface area contributed by atoms with Crippen LogP contribution in [0.25, 0.3) is 0 Å². The molecule has 2 nitrogen and oxygen atoms in total. The van der Waals surface area contributed by atoms with E-state index in [1.165, 1.54) is 12.1 Å². The van der Waals surface area contributed by atoms with Crippen LogP contribution in [-0.4, -0.2) is 18.8 Å². The molecule has 0 aliphatic rings. The Hall–Kier alpha value is -1.67. The molecule has 0 saturated carbocycles. The summed E-state index contributed by atoms with van der Waals surface area (Å²) >= 11 is 0. The highest BCUT2D eigenvalue weighted by molar-refractivity contribution is 5.47. The van der Waals surface area contributed by atoms with Gasteiger partial charge in [0.2, 0.25) is 0 Å². The molecule has 0 bridgehead atoms. The van der Waals surface area contributed by atoms with Crippen molar-refractivity contribution in [3.05, 3.63) is 29.8 Å². The standard InChI is InChI=1S/C14H17F3N2/c1-3-4-13(9-18)19-12-7-5-11(6-8-12)10(2)14(15,16)17/h5-8,10,13,19H,9,18H2,1-2H3. The lowest BCUT2D eigenvalue weighted by molar-refractivity contribution is -0.146. The Kier molecular flexibility index (Phi) is 5.25. The maximum absolute atomic E-state index is 12.6. The highest BCUT2D eigenvalue weighted by Gasteiger charge is 2.36. The first kappa shape index (κ1) is 15.4. The number of alkyl halides is 3. The lowest BCUT2D eigenvalue weighted by Gasteiger charge is -2.17. The first-order chi connectivity index (χ1) is 8.88. The van der Waals surface area contributed by atoms with Gasteiger partial charge in [-0.2, -0.15) is 13.2 Å². The molecule has 0 saturated heterocycles. The summed E-state index contributed by atoms with van der Waals surface area (Å²) in [5.41, 5.74) is 6.47. The number of benzene rings is 1. The summed E-state index contributed by atoms with van der Waals surface area (Å²) in [4.78, 5) is 0. The molecule has 0 fully saturated rings. The predicted octanol–water partition coefficient (Wildman–Crippen LogP) is 3.11. The Balaban J connectivity index is 2.78. The molecule has 0 spiro atoms. The van der Waals surface area contributed by atoms with E-state index >= 15 is 0 Å². The number of rotatable bonds is 4. The molecule has 0 radical (unpaired) electrons. The van der Waals surface area contributed by atoms with E-state index in [-0.39, 0.29) is 11.6 Å². The van der Waals surface area contributed by atoms with Crippen LogP contribution >= 0.6 is 0 Å². The van der Waals surface area contributed by atoms with Crippen LogP contribution in [0.2, 0.25) is 0 Å². The van der Waals surface area contributed by atoms with Gasteiger partial charge in [0.05, 0.1) is 5.92 Å². The lowest BCUT2D eigenvalue weighted by atomic mass is 10.0. The van der Waals surface area contributed by atoms with Crippen molar-refractivity contribution in [2.24, 2.45) is 5.73 Å². The van der Waals surface area contributed by atoms with Gasteiger partial charge in [-0.25, -0.2) is 0 Å².